The molecule has 1 heterocycles. The Bertz CT molecular complexity index is 549. The maximum absolute atomic E-state index is 5.71. The minimum absolute atomic E-state index is 0.833. The fourth-order valence-electron chi connectivity index (χ4n) is 2.46. The van der Waals surface area contributed by atoms with Crippen molar-refractivity contribution >= 4 is 5.69 Å². The Morgan fingerprint density at radius 3 is 2.52 bits per heavy atom. The molecule has 21 heavy (non-hydrogen) atoms. The summed E-state index contributed by atoms with van der Waals surface area (Å²) in [7, 11) is 0. The van der Waals surface area contributed by atoms with Crippen molar-refractivity contribution in [1.29, 1.82) is 0 Å². The molecule has 3 heteroatoms. The summed E-state index contributed by atoms with van der Waals surface area (Å²) >= 11 is 0. The average molecular weight is 283 g/mol. The van der Waals surface area contributed by atoms with Crippen molar-refractivity contribution in [2.24, 2.45) is 0 Å². The van der Waals surface area contributed by atoms with Gasteiger partial charge in [0, 0.05) is 17.9 Å². The Morgan fingerprint density at radius 1 is 1.10 bits per heavy atom. The van der Waals surface area contributed by atoms with Crippen LogP contribution in [-0.4, -0.2) is 23.0 Å². The minimum Gasteiger partial charge on any atom is -0.399 e. The van der Waals surface area contributed by atoms with Crippen LogP contribution in [0.2, 0.25) is 0 Å². The van der Waals surface area contributed by atoms with Gasteiger partial charge in [-0.1, -0.05) is 25.1 Å². The molecule has 1 aromatic heterocycles. The highest BCUT2D eigenvalue weighted by atomic mass is 15.1. The van der Waals surface area contributed by atoms with E-state index in [2.05, 4.69) is 41.1 Å². The lowest BCUT2D eigenvalue weighted by Crippen LogP contribution is -2.25. The highest BCUT2D eigenvalue weighted by molar-refractivity contribution is 5.39. The second-order valence-corrected chi connectivity index (χ2v) is 5.48. The van der Waals surface area contributed by atoms with Crippen molar-refractivity contribution in [2.75, 3.05) is 18.8 Å². The van der Waals surface area contributed by atoms with Crippen LogP contribution in [0.4, 0.5) is 5.69 Å². The smallest absolute Gasteiger partial charge is 0.0547 e. The summed E-state index contributed by atoms with van der Waals surface area (Å²) in [5, 5.41) is 0. The number of aryl methyl sites for hydroxylation is 2. The standard InChI is InChI=1S/C18H25N3/c1-3-21(14-18-8-4-6-15(2)20-18)13-5-7-16-9-11-17(19)12-10-16/h4,6,8-12H,3,5,7,13-14,19H2,1-2H3. The van der Waals surface area contributed by atoms with Crippen LogP contribution in [0.15, 0.2) is 42.5 Å². The third-order valence-electron chi connectivity index (χ3n) is 3.70. The highest BCUT2D eigenvalue weighted by Gasteiger charge is 2.05. The summed E-state index contributed by atoms with van der Waals surface area (Å²) < 4.78 is 0. The number of benzene rings is 1. The monoisotopic (exact) mass is 283 g/mol. The zero-order valence-electron chi connectivity index (χ0n) is 13.0. The summed E-state index contributed by atoms with van der Waals surface area (Å²) in [6.07, 6.45) is 2.25. The van der Waals surface area contributed by atoms with Gasteiger partial charge in [-0.3, -0.25) is 9.88 Å². The predicted molar refractivity (Wildman–Crippen MR) is 89.1 cm³/mol. The summed E-state index contributed by atoms with van der Waals surface area (Å²) in [6.45, 7) is 7.33. The Labute approximate surface area is 127 Å². The molecule has 0 bridgehead atoms. The zero-order chi connectivity index (χ0) is 15.1. The molecule has 0 spiro atoms. The van der Waals surface area contributed by atoms with Crippen LogP contribution in [0.5, 0.6) is 0 Å². The summed E-state index contributed by atoms with van der Waals surface area (Å²) in [6, 6.07) is 14.4. The largest absolute Gasteiger partial charge is 0.399 e. The fourth-order valence-corrected chi connectivity index (χ4v) is 2.46. The van der Waals surface area contributed by atoms with Gasteiger partial charge < -0.3 is 5.73 Å². The van der Waals surface area contributed by atoms with E-state index in [1.165, 1.54) is 5.56 Å². The lowest BCUT2D eigenvalue weighted by atomic mass is 10.1. The first-order valence-electron chi connectivity index (χ1n) is 7.66. The van der Waals surface area contributed by atoms with Crippen LogP contribution in [-0.2, 0) is 13.0 Å². The maximum Gasteiger partial charge on any atom is 0.0547 e. The predicted octanol–water partition coefficient (Wildman–Crippen LogP) is 3.43. The number of pyridine rings is 1. The van der Waals surface area contributed by atoms with Gasteiger partial charge in [-0.2, -0.15) is 0 Å². The van der Waals surface area contributed by atoms with Crippen molar-refractivity contribution in [3.63, 3.8) is 0 Å². The van der Waals surface area contributed by atoms with Gasteiger partial charge in [0.1, 0.15) is 0 Å². The van der Waals surface area contributed by atoms with Crippen LogP contribution in [0.3, 0.4) is 0 Å². The first-order valence-corrected chi connectivity index (χ1v) is 7.66. The van der Waals surface area contributed by atoms with Crippen LogP contribution >= 0.6 is 0 Å². The van der Waals surface area contributed by atoms with E-state index in [0.717, 1.165) is 49.6 Å². The number of nitrogens with zero attached hydrogens (tertiary/aromatic N) is 2. The number of hydrogen-bond donors (Lipinski definition) is 1. The van der Waals surface area contributed by atoms with Crippen LogP contribution in [0.25, 0.3) is 0 Å². The highest BCUT2D eigenvalue weighted by Crippen LogP contribution is 2.09. The molecule has 1 aromatic carbocycles. The Kier molecular flexibility index (Phi) is 5.76. The van der Waals surface area contributed by atoms with Gasteiger partial charge in [0.25, 0.3) is 0 Å². The molecule has 0 saturated heterocycles. The third-order valence-corrected chi connectivity index (χ3v) is 3.70. The van der Waals surface area contributed by atoms with Gasteiger partial charge in [0.2, 0.25) is 0 Å². The topological polar surface area (TPSA) is 42.1 Å². The molecule has 0 saturated carbocycles. The van der Waals surface area contributed by atoms with Crippen molar-refractivity contribution in [3.05, 3.63) is 59.4 Å². The Hall–Kier alpha value is -1.87. The second kappa shape index (κ2) is 7.79. The summed E-state index contributed by atoms with van der Waals surface area (Å²) in [5.74, 6) is 0. The molecule has 0 amide bonds. The first kappa shape index (κ1) is 15.5. The van der Waals surface area contributed by atoms with E-state index in [1.807, 2.05) is 25.1 Å². The van der Waals surface area contributed by atoms with E-state index < -0.39 is 0 Å². The van der Waals surface area contributed by atoms with Crippen molar-refractivity contribution < 1.29 is 0 Å². The number of anilines is 1. The molecule has 0 atom stereocenters. The molecule has 2 rings (SSSR count). The number of nitrogens with two attached hydrogens (primary N) is 1. The summed E-state index contributed by atoms with van der Waals surface area (Å²) in [4.78, 5) is 7.02. The third kappa shape index (κ3) is 5.20. The van der Waals surface area contributed by atoms with E-state index >= 15 is 0 Å². The van der Waals surface area contributed by atoms with Crippen molar-refractivity contribution in [2.45, 2.75) is 33.2 Å². The normalized spacial score (nSPS) is 11.0. The lowest BCUT2D eigenvalue weighted by Gasteiger charge is -2.20. The number of aromatic nitrogens is 1. The van der Waals surface area contributed by atoms with E-state index in [-0.39, 0.29) is 0 Å². The molecule has 0 fully saturated rings. The van der Waals surface area contributed by atoms with Crippen LogP contribution in [0, 0.1) is 6.92 Å². The molecule has 2 N–H and O–H groups in total. The molecule has 0 aliphatic heterocycles. The summed E-state index contributed by atoms with van der Waals surface area (Å²) in [5.41, 5.74) is 10.1. The van der Waals surface area contributed by atoms with Crippen molar-refractivity contribution in [1.82, 2.24) is 9.88 Å². The number of hydrogen-bond acceptors (Lipinski definition) is 3. The molecule has 0 aliphatic rings. The molecule has 112 valence electrons. The first-order chi connectivity index (χ1) is 10.2. The van der Waals surface area contributed by atoms with Crippen molar-refractivity contribution in [3.8, 4) is 0 Å². The van der Waals surface area contributed by atoms with Crippen LogP contribution < -0.4 is 5.73 Å². The Balaban J connectivity index is 1.81. The Morgan fingerprint density at radius 2 is 1.86 bits per heavy atom. The van der Waals surface area contributed by atoms with Gasteiger partial charge in [-0.15, -0.1) is 0 Å². The fraction of sp³-hybridized carbons (Fsp3) is 0.389. The minimum atomic E-state index is 0.833. The van der Waals surface area contributed by atoms with E-state index in [0.29, 0.717) is 0 Å². The van der Waals surface area contributed by atoms with Crippen LogP contribution in [0.1, 0.15) is 30.3 Å². The van der Waals surface area contributed by atoms with Gasteiger partial charge in [0.15, 0.2) is 0 Å². The number of nitrogen functional groups attached to an aromatic ring is 1. The second-order valence-electron chi connectivity index (χ2n) is 5.48. The van der Waals surface area contributed by atoms with Gasteiger partial charge in [-0.05, 0) is 62.7 Å². The number of rotatable bonds is 7. The average Bonchev–Trinajstić information content (AvgIpc) is 2.48. The lowest BCUT2D eigenvalue weighted by molar-refractivity contribution is 0.273. The zero-order valence-corrected chi connectivity index (χ0v) is 13.0. The molecular formula is C18H25N3. The van der Waals surface area contributed by atoms with Gasteiger partial charge in [-0.25, -0.2) is 0 Å². The quantitative estimate of drug-likeness (QED) is 0.792. The molecular weight excluding hydrogens is 258 g/mol. The van der Waals surface area contributed by atoms with Gasteiger partial charge in [0.05, 0.1) is 5.69 Å². The maximum atomic E-state index is 5.71. The molecule has 2 aromatic rings. The molecule has 0 aliphatic carbocycles. The molecule has 3 nitrogen and oxygen atoms in total. The van der Waals surface area contributed by atoms with E-state index in [1.54, 1.807) is 0 Å². The van der Waals surface area contributed by atoms with E-state index in [9.17, 15) is 0 Å². The SMILES string of the molecule is CCN(CCCc1ccc(N)cc1)Cc1cccc(C)n1. The van der Waals surface area contributed by atoms with Gasteiger partial charge >= 0.3 is 0 Å². The van der Waals surface area contributed by atoms with E-state index in [4.69, 9.17) is 5.73 Å². The molecule has 0 radical (unpaired) electrons. The molecule has 0 unspecified atom stereocenters.